The van der Waals surface area contributed by atoms with Gasteiger partial charge in [0.1, 0.15) is 5.82 Å². The topological polar surface area (TPSA) is 58.1 Å². The predicted octanol–water partition coefficient (Wildman–Crippen LogP) is 2.93. The molecule has 1 amide bonds. The van der Waals surface area contributed by atoms with Crippen molar-refractivity contribution in [3.63, 3.8) is 0 Å². The molecule has 0 aliphatic carbocycles. The lowest BCUT2D eigenvalue weighted by Gasteiger charge is -2.33. The van der Waals surface area contributed by atoms with E-state index in [9.17, 15) is 9.18 Å². The van der Waals surface area contributed by atoms with Gasteiger partial charge in [-0.3, -0.25) is 4.79 Å². The van der Waals surface area contributed by atoms with Gasteiger partial charge in [-0.25, -0.2) is 14.4 Å². The molecule has 5 nitrogen and oxygen atoms in total. The predicted molar refractivity (Wildman–Crippen MR) is 99.4 cm³/mol. The lowest BCUT2D eigenvalue weighted by Crippen LogP contribution is -2.46. The first-order chi connectivity index (χ1) is 12.5. The standard InChI is InChI=1S/C20H25FN4O/c1-20(2,16-8-3-4-9-17(16)21)14-24-18(26)15-7-5-12-25(13-15)19-22-10-6-11-23-19/h3-4,6,8-11,15H,5,7,12-14H2,1-2H3,(H,24,26). The number of piperidine rings is 1. The number of carbonyl (C=O) groups is 1. The monoisotopic (exact) mass is 356 g/mol. The molecule has 1 aromatic carbocycles. The number of hydrogen-bond donors (Lipinski definition) is 1. The highest BCUT2D eigenvalue weighted by Gasteiger charge is 2.29. The maximum Gasteiger partial charge on any atom is 0.225 e. The second-order valence-corrected chi connectivity index (χ2v) is 7.42. The molecule has 1 unspecified atom stereocenters. The third kappa shape index (κ3) is 4.18. The van der Waals surface area contributed by atoms with Crippen LogP contribution in [0.2, 0.25) is 0 Å². The molecule has 6 heteroatoms. The zero-order chi connectivity index (χ0) is 18.6. The van der Waals surface area contributed by atoms with Crippen LogP contribution < -0.4 is 10.2 Å². The molecule has 1 aliphatic rings. The molecular formula is C20H25FN4O. The highest BCUT2D eigenvalue weighted by atomic mass is 19.1. The van der Waals surface area contributed by atoms with Crippen molar-refractivity contribution in [1.29, 1.82) is 0 Å². The lowest BCUT2D eigenvalue weighted by molar-refractivity contribution is -0.125. The summed E-state index contributed by atoms with van der Waals surface area (Å²) in [6.07, 6.45) is 5.19. The maximum atomic E-state index is 14.1. The second-order valence-electron chi connectivity index (χ2n) is 7.42. The Morgan fingerprint density at radius 3 is 2.73 bits per heavy atom. The molecule has 1 atom stereocenters. The Bertz CT molecular complexity index is 750. The Balaban J connectivity index is 1.60. The largest absolute Gasteiger partial charge is 0.355 e. The van der Waals surface area contributed by atoms with E-state index in [4.69, 9.17) is 0 Å². The van der Waals surface area contributed by atoms with Crippen LogP contribution in [0.5, 0.6) is 0 Å². The minimum Gasteiger partial charge on any atom is -0.355 e. The molecule has 1 saturated heterocycles. The van der Waals surface area contributed by atoms with Gasteiger partial charge in [0.15, 0.2) is 0 Å². The fourth-order valence-corrected chi connectivity index (χ4v) is 3.39. The van der Waals surface area contributed by atoms with Crippen LogP contribution in [0.3, 0.4) is 0 Å². The highest BCUT2D eigenvalue weighted by Crippen LogP contribution is 2.25. The molecule has 26 heavy (non-hydrogen) atoms. The molecule has 0 spiro atoms. The van der Waals surface area contributed by atoms with Gasteiger partial charge in [-0.2, -0.15) is 0 Å². The molecule has 3 rings (SSSR count). The van der Waals surface area contributed by atoms with Crippen LogP contribution in [0.1, 0.15) is 32.3 Å². The summed E-state index contributed by atoms with van der Waals surface area (Å²) in [5.74, 6) is 0.326. The second kappa shape index (κ2) is 7.81. The minimum absolute atomic E-state index is 0.00930. The summed E-state index contributed by atoms with van der Waals surface area (Å²) >= 11 is 0. The van der Waals surface area contributed by atoms with Gasteiger partial charge < -0.3 is 10.2 Å². The van der Waals surface area contributed by atoms with E-state index in [-0.39, 0.29) is 17.6 Å². The summed E-state index contributed by atoms with van der Waals surface area (Å²) in [7, 11) is 0. The van der Waals surface area contributed by atoms with Gasteiger partial charge >= 0.3 is 0 Å². The first-order valence-corrected chi connectivity index (χ1v) is 9.02. The van der Waals surface area contributed by atoms with E-state index in [2.05, 4.69) is 20.2 Å². The van der Waals surface area contributed by atoms with Gasteiger partial charge in [-0.1, -0.05) is 32.0 Å². The first kappa shape index (κ1) is 18.3. The SMILES string of the molecule is CC(C)(CNC(=O)C1CCCN(c2ncccn2)C1)c1ccccc1F. The van der Waals surface area contributed by atoms with E-state index in [0.29, 0.717) is 24.6 Å². The smallest absolute Gasteiger partial charge is 0.225 e. The third-order valence-electron chi connectivity index (χ3n) is 4.93. The van der Waals surface area contributed by atoms with Crippen LogP contribution in [0, 0.1) is 11.7 Å². The van der Waals surface area contributed by atoms with Gasteiger partial charge in [0.2, 0.25) is 11.9 Å². The van der Waals surface area contributed by atoms with Crippen LogP contribution in [-0.2, 0) is 10.2 Å². The average Bonchev–Trinajstić information content (AvgIpc) is 2.67. The van der Waals surface area contributed by atoms with Crippen molar-refractivity contribution < 1.29 is 9.18 Å². The molecule has 1 aromatic heterocycles. The molecular weight excluding hydrogens is 331 g/mol. The molecule has 1 aliphatic heterocycles. The highest BCUT2D eigenvalue weighted by molar-refractivity contribution is 5.79. The Labute approximate surface area is 153 Å². The fourth-order valence-electron chi connectivity index (χ4n) is 3.39. The summed E-state index contributed by atoms with van der Waals surface area (Å²) in [5.41, 5.74) is 0.140. The van der Waals surface area contributed by atoms with Gasteiger partial charge in [0.25, 0.3) is 0 Å². The Kier molecular flexibility index (Phi) is 5.49. The van der Waals surface area contributed by atoms with Crippen LogP contribution in [0.15, 0.2) is 42.7 Å². The van der Waals surface area contributed by atoms with E-state index >= 15 is 0 Å². The average molecular weight is 356 g/mol. The molecule has 0 radical (unpaired) electrons. The van der Waals surface area contributed by atoms with Crippen molar-refractivity contribution in [2.75, 3.05) is 24.5 Å². The number of anilines is 1. The summed E-state index contributed by atoms with van der Waals surface area (Å²) in [4.78, 5) is 23.3. The van der Waals surface area contributed by atoms with Gasteiger partial charge in [0, 0.05) is 37.4 Å². The quantitative estimate of drug-likeness (QED) is 0.895. The van der Waals surface area contributed by atoms with Crippen LogP contribution in [-0.4, -0.2) is 35.5 Å². The lowest BCUT2D eigenvalue weighted by atomic mass is 9.84. The van der Waals surface area contributed by atoms with Gasteiger partial charge in [-0.15, -0.1) is 0 Å². The van der Waals surface area contributed by atoms with Crippen LogP contribution in [0.25, 0.3) is 0 Å². The van der Waals surface area contributed by atoms with E-state index in [1.807, 2.05) is 19.9 Å². The third-order valence-corrected chi connectivity index (χ3v) is 4.93. The Hall–Kier alpha value is -2.50. The van der Waals surface area contributed by atoms with Gasteiger partial charge in [0.05, 0.1) is 5.92 Å². The van der Waals surface area contributed by atoms with E-state index in [0.717, 1.165) is 19.4 Å². The summed E-state index contributed by atoms with van der Waals surface area (Å²) in [5, 5.41) is 3.02. The van der Waals surface area contributed by atoms with E-state index < -0.39 is 5.41 Å². The molecule has 0 bridgehead atoms. The van der Waals surface area contributed by atoms with Crippen molar-refractivity contribution in [2.24, 2.45) is 5.92 Å². The number of nitrogens with zero attached hydrogens (tertiary/aromatic N) is 3. The summed E-state index contributed by atoms with van der Waals surface area (Å²) < 4.78 is 14.1. The molecule has 0 saturated carbocycles. The van der Waals surface area contributed by atoms with E-state index in [1.165, 1.54) is 6.07 Å². The maximum absolute atomic E-state index is 14.1. The number of hydrogen-bond acceptors (Lipinski definition) is 4. The summed E-state index contributed by atoms with van der Waals surface area (Å²) in [6, 6.07) is 8.51. The first-order valence-electron chi connectivity index (χ1n) is 9.02. The number of halogens is 1. The fraction of sp³-hybridized carbons (Fsp3) is 0.450. The summed E-state index contributed by atoms with van der Waals surface area (Å²) in [6.45, 7) is 5.74. The zero-order valence-corrected chi connectivity index (χ0v) is 15.3. The molecule has 2 aromatic rings. The van der Waals surface area contributed by atoms with E-state index in [1.54, 1.807) is 30.6 Å². The van der Waals surface area contributed by atoms with Crippen LogP contribution >= 0.6 is 0 Å². The normalized spacial score (nSPS) is 17.8. The van der Waals surface area contributed by atoms with Gasteiger partial charge in [-0.05, 0) is 30.5 Å². The Morgan fingerprint density at radius 2 is 2.00 bits per heavy atom. The molecule has 2 heterocycles. The van der Waals surface area contributed by atoms with Crippen molar-refractivity contribution in [3.05, 3.63) is 54.1 Å². The molecule has 1 N–H and O–H groups in total. The number of benzene rings is 1. The number of amides is 1. The molecule has 1 fully saturated rings. The number of rotatable bonds is 5. The minimum atomic E-state index is -0.474. The number of carbonyl (C=O) groups excluding carboxylic acids is 1. The van der Waals surface area contributed by atoms with Crippen molar-refractivity contribution >= 4 is 11.9 Å². The molecule has 138 valence electrons. The number of aromatic nitrogens is 2. The zero-order valence-electron chi connectivity index (χ0n) is 15.3. The van der Waals surface area contributed by atoms with Crippen molar-refractivity contribution in [2.45, 2.75) is 32.1 Å². The Morgan fingerprint density at radius 1 is 1.27 bits per heavy atom. The van der Waals surface area contributed by atoms with Crippen molar-refractivity contribution in [1.82, 2.24) is 15.3 Å². The van der Waals surface area contributed by atoms with Crippen molar-refractivity contribution in [3.8, 4) is 0 Å². The van der Waals surface area contributed by atoms with Crippen LogP contribution in [0.4, 0.5) is 10.3 Å². The number of nitrogens with one attached hydrogen (secondary N) is 1.